The van der Waals surface area contributed by atoms with Crippen molar-refractivity contribution in [2.24, 2.45) is 0 Å². The first kappa shape index (κ1) is 21.2. The highest BCUT2D eigenvalue weighted by atomic mass is 16.6. The molecule has 0 radical (unpaired) electrons. The molecule has 160 valence electrons. The molecule has 0 saturated carbocycles. The zero-order valence-electron chi connectivity index (χ0n) is 17.4. The van der Waals surface area contributed by atoms with Crippen LogP contribution in [-0.4, -0.2) is 56.2 Å². The van der Waals surface area contributed by atoms with Crippen LogP contribution < -0.4 is 14.2 Å². The maximum atomic E-state index is 12.8. The molecule has 1 aromatic heterocycles. The number of aryl methyl sites for hydroxylation is 1. The molecular weight excluding hydrogens is 394 g/mol. The number of H-pyrrole nitrogens is 1. The standard InChI is InChI=1S/C21H23NO8/c1-10-16(21(25)27-5)11(2)22-17(10)18(23)12(3)30-20(24)13-8-14(26-4)19-15(9-13)28-6-7-29-19/h8-9,12,22H,6-7H2,1-5H3/t12-/m1/s1. The summed E-state index contributed by atoms with van der Waals surface area (Å²) in [6.45, 7) is 5.47. The number of rotatable bonds is 6. The molecule has 9 nitrogen and oxygen atoms in total. The monoisotopic (exact) mass is 417 g/mol. The molecule has 0 spiro atoms. The summed E-state index contributed by atoms with van der Waals surface area (Å²) in [5, 5.41) is 0. The predicted molar refractivity (Wildman–Crippen MR) is 105 cm³/mol. The molecule has 0 fully saturated rings. The number of Topliss-reactive ketones (excluding diaryl/α,β-unsaturated/α-hetero) is 1. The van der Waals surface area contributed by atoms with E-state index in [-0.39, 0.29) is 16.8 Å². The molecule has 1 N–H and O–H groups in total. The van der Waals surface area contributed by atoms with Gasteiger partial charge >= 0.3 is 11.9 Å². The fraction of sp³-hybridized carbons (Fsp3) is 0.381. The van der Waals surface area contributed by atoms with E-state index in [2.05, 4.69) is 4.98 Å². The van der Waals surface area contributed by atoms with Gasteiger partial charge in [0.1, 0.15) is 13.2 Å². The van der Waals surface area contributed by atoms with Crippen LogP contribution in [0.2, 0.25) is 0 Å². The number of aromatic nitrogens is 1. The molecular formula is C21H23NO8. The van der Waals surface area contributed by atoms with Gasteiger partial charge < -0.3 is 28.7 Å². The summed E-state index contributed by atoms with van der Waals surface area (Å²) < 4.78 is 26.4. The number of ketones is 1. The lowest BCUT2D eigenvalue weighted by molar-refractivity contribution is 0.0315. The van der Waals surface area contributed by atoms with Gasteiger partial charge in [-0.05, 0) is 38.5 Å². The van der Waals surface area contributed by atoms with Crippen molar-refractivity contribution in [2.75, 3.05) is 27.4 Å². The van der Waals surface area contributed by atoms with Crippen molar-refractivity contribution in [2.45, 2.75) is 26.9 Å². The Morgan fingerprint density at radius 1 is 1.07 bits per heavy atom. The van der Waals surface area contributed by atoms with Crippen molar-refractivity contribution >= 4 is 17.7 Å². The number of carbonyl (C=O) groups excluding carboxylic acids is 3. The Hall–Kier alpha value is -3.49. The van der Waals surface area contributed by atoms with Gasteiger partial charge in [-0.2, -0.15) is 0 Å². The van der Waals surface area contributed by atoms with E-state index >= 15 is 0 Å². The summed E-state index contributed by atoms with van der Waals surface area (Å²) in [4.78, 5) is 40.3. The number of carbonyl (C=O) groups is 3. The van der Waals surface area contributed by atoms with Gasteiger partial charge in [-0.15, -0.1) is 0 Å². The lowest BCUT2D eigenvalue weighted by Crippen LogP contribution is -2.25. The maximum Gasteiger partial charge on any atom is 0.339 e. The van der Waals surface area contributed by atoms with Crippen LogP contribution in [0.5, 0.6) is 17.2 Å². The molecule has 0 unspecified atom stereocenters. The Kier molecular flexibility index (Phi) is 6.00. The minimum atomic E-state index is -1.10. The first-order chi connectivity index (χ1) is 14.3. The van der Waals surface area contributed by atoms with Gasteiger partial charge in [-0.25, -0.2) is 9.59 Å². The van der Waals surface area contributed by atoms with Crippen LogP contribution in [0.1, 0.15) is 49.4 Å². The quantitative estimate of drug-likeness (QED) is 0.564. The highest BCUT2D eigenvalue weighted by Gasteiger charge is 2.28. The van der Waals surface area contributed by atoms with Gasteiger partial charge in [0.05, 0.1) is 31.0 Å². The van der Waals surface area contributed by atoms with Crippen LogP contribution >= 0.6 is 0 Å². The minimum absolute atomic E-state index is 0.158. The number of esters is 2. The lowest BCUT2D eigenvalue weighted by atomic mass is 10.1. The highest BCUT2D eigenvalue weighted by Crippen LogP contribution is 2.40. The average Bonchev–Trinajstić information content (AvgIpc) is 3.05. The van der Waals surface area contributed by atoms with Crippen molar-refractivity contribution in [3.05, 3.63) is 40.2 Å². The Morgan fingerprint density at radius 2 is 1.77 bits per heavy atom. The second-order valence-electron chi connectivity index (χ2n) is 6.73. The molecule has 9 heteroatoms. The van der Waals surface area contributed by atoms with Crippen LogP contribution in [-0.2, 0) is 9.47 Å². The van der Waals surface area contributed by atoms with Crippen LogP contribution in [0.25, 0.3) is 0 Å². The van der Waals surface area contributed by atoms with Crippen molar-refractivity contribution in [1.82, 2.24) is 4.98 Å². The fourth-order valence-corrected chi connectivity index (χ4v) is 3.28. The van der Waals surface area contributed by atoms with Crippen LogP contribution in [0.3, 0.4) is 0 Å². The van der Waals surface area contributed by atoms with Gasteiger partial charge in [-0.1, -0.05) is 0 Å². The summed E-state index contributed by atoms with van der Waals surface area (Å²) in [6.07, 6.45) is -1.10. The van der Waals surface area contributed by atoms with Gasteiger partial charge in [0.15, 0.2) is 17.6 Å². The number of ether oxygens (including phenoxy) is 5. The van der Waals surface area contributed by atoms with E-state index in [4.69, 9.17) is 23.7 Å². The van der Waals surface area contributed by atoms with E-state index in [1.807, 2.05) is 0 Å². The lowest BCUT2D eigenvalue weighted by Gasteiger charge is -2.21. The molecule has 2 heterocycles. The maximum absolute atomic E-state index is 12.8. The van der Waals surface area contributed by atoms with Gasteiger partial charge in [0, 0.05) is 5.69 Å². The molecule has 30 heavy (non-hydrogen) atoms. The molecule has 1 aliphatic rings. The third-order valence-electron chi connectivity index (χ3n) is 4.79. The third-order valence-corrected chi connectivity index (χ3v) is 4.79. The summed E-state index contributed by atoms with van der Waals surface area (Å²) in [5.41, 5.74) is 1.57. The fourth-order valence-electron chi connectivity index (χ4n) is 3.28. The first-order valence-electron chi connectivity index (χ1n) is 9.28. The number of hydrogen-bond acceptors (Lipinski definition) is 8. The molecule has 0 amide bonds. The van der Waals surface area contributed by atoms with Gasteiger partial charge in [0.25, 0.3) is 0 Å². The minimum Gasteiger partial charge on any atom is -0.493 e. The summed E-state index contributed by atoms with van der Waals surface area (Å²) >= 11 is 0. The molecule has 3 rings (SSSR count). The Balaban J connectivity index is 1.81. The Labute approximate surface area is 173 Å². The molecule has 0 aliphatic carbocycles. The summed E-state index contributed by atoms with van der Waals surface area (Å²) in [6, 6.07) is 2.95. The highest BCUT2D eigenvalue weighted by molar-refractivity contribution is 6.04. The number of nitrogens with one attached hydrogen (secondary N) is 1. The van der Waals surface area contributed by atoms with E-state index < -0.39 is 23.8 Å². The number of methoxy groups -OCH3 is 2. The van der Waals surface area contributed by atoms with Crippen LogP contribution in [0.4, 0.5) is 0 Å². The molecule has 1 aliphatic heterocycles. The van der Waals surface area contributed by atoms with E-state index in [1.165, 1.54) is 33.3 Å². The van der Waals surface area contributed by atoms with E-state index in [9.17, 15) is 14.4 Å². The van der Waals surface area contributed by atoms with E-state index in [0.717, 1.165) is 0 Å². The summed E-state index contributed by atoms with van der Waals surface area (Å²) in [7, 11) is 2.71. The van der Waals surface area contributed by atoms with Crippen molar-refractivity contribution in [1.29, 1.82) is 0 Å². The molecule has 1 aromatic carbocycles. The van der Waals surface area contributed by atoms with Crippen molar-refractivity contribution < 1.29 is 38.1 Å². The molecule has 1 atom stereocenters. The van der Waals surface area contributed by atoms with Crippen molar-refractivity contribution in [3.63, 3.8) is 0 Å². The Morgan fingerprint density at radius 3 is 2.43 bits per heavy atom. The first-order valence-corrected chi connectivity index (χ1v) is 9.28. The largest absolute Gasteiger partial charge is 0.493 e. The topological polar surface area (TPSA) is 113 Å². The second kappa shape index (κ2) is 8.48. The van der Waals surface area contributed by atoms with E-state index in [1.54, 1.807) is 13.8 Å². The van der Waals surface area contributed by atoms with E-state index in [0.29, 0.717) is 41.7 Å². The van der Waals surface area contributed by atoms with Crippen LogP contribution in [0, 0.1) is 13.8 Å². The number of fused-ring (bicyclic) bond motifs is 1. The SMILES string of the molecule is COC(=O)c1c(C)[nH]c(C(=O)[C@@H](C)OC(=O)c2cc(OC)c3c(c2)OCCO3)c1C. The third kappa shape index (κ3) is 3.83. The normalized spacial score (nSPS) is 13.4. The van der Waals surface area contributed by atoms with Gasteiger partial charge in [-0.3, -0.25) is 4.79 Å². The molecule has 2 aromatic rings. The Bertz CT molecular complexity index is 990. The summed E-state index contributed by atoms with van der Waals surface area (Å²) in [5.74, 6) is -0.629. The predicted octanol–water partition coefficient (Wildman–Crippen LogP) is 2.63. The zero-order valence-corrected chi connectivity index (χ0v) is 17.4. The van der Waals surface area contributed by atoms with Crippen LogP contribution in [0.15, 0.2) is 12.1 Å². The number of hydrogen-bond donors (Lipinski definition) is 1. The van der Waals surface area contributed by atoms with Crippen molar-refractivity contribution in [3.8, 4) is 17.2 Å². The van der Waals surface area contributed by atoms with Gasteiger partial charge in [0.2, 0.25) is 11.5 Å². The average molecular weight is 417 g/mol. The second-order valence-corrected chi connectivity index (χ2v) is 6.73. The molecule has 0 saturated heterocycles. The number of benzene rings is 1. The number of aromatic amines is 1. The zero-order chi connectivity index (χ0) is 22.0. The molecule has 0 bridgehead atoms. The smallest absolute Gasteiger partial charge is 0.339 e.